The van der Waals surface area contributed by atoms with Crippen molar-refractivity contribution in [3.63, 3.8) is 0 Å². The first-order valence-electron chi connectivity index (χ1n) is 3.15. The molecular weight excluding hydrogens is 256 g/mol. The average Bonchev–Trinajstić information content (AvgIpc) is 1.99. The van der Waals surface area contributed by atoms with E-state index >= 15 is 0 Å². The highest BCUT2D eigenvalue weighted by molar-refractivity contribution is 7.45. The van der Waals surface area contributed by atoms with Gasteiger partial charge in [-0.15, -0.1) is 0 Å². The maximum atomic E-state index is 8.88. The van der Waals surface area contributed by atoms with Crippen LogP contribution in [0.15, 0.2) is 0 Å². The smallest absolute Gasteiger partial charge is 0.394 e. The molecule has 0 heterocycles. The third-order valence-electron chi connectivity index (χ3n) is 0.421. The quantitative estimate of drug-likeness (QED) is 0.227. The third-order valence-corrected chi connectivity index (χ3v) is 0.421. The van der Waals surface area contributed by atoms with Crippen LogP contribution in [-0.4, -0.2) is 59.1 Å². The molecule has 0 aromatic carbocycles. The summed E-state index contributed by atoms with van der Waals surface area (Å²) in [6.45, 7) is -0.729. The predicted octanol–water partition coefficient (Wildman–Crippen LogP) is -3.44. The van der Waals surface area contributed by atoms with E-state index in [4.69, 9.17) is 44.4 Å². The Labute approximate surface area is 86.5 Å². The Morgan fingerprint density at radius 2 is 1.27 bits per heavy atom. The number of aliphatic hydroxyl groups excluding tert-OH is 3. The summed E-state index contributed by atoms with van der Waals surface area (Å²) in [5, 5.41) is 24.0. The van der Waals surface area contributed by atoms with Crippen molar-refractivity contribution in [1.29, 1.82) is 0 Å². The minimum Gasteiger partial charge on any atom is -0.394 e. The minimum atomic E-state index is -4.64. The van der Waals surface area contributed by atoms with Gasteiger partial charge in [-0.1, -0.05) is 0 Å². The van der Waals surface area contributed by atoms with Crippen LogP contribution in [0.25, 0.3) is 0 Å². The van der Waals surface area contributed by atoms with Gasteiger partial charge in [-0.2, -0.15) is 0 Å². The van der Waals surface area contributed by atoms with Gasteiger partial charge in [-0.25, -0.2) is 4.57 Å². The van der Waals surface area contributed by atoms with Gasteiger partial charge in [0.1, 0.15) is 6.10 Å². The maximum Gasteiger partial charge on any atom is 0.466 e. The molecule has 0 aliphatic heterocycles. The van der Waals surface area contributed by atoms with Gasteiger partial charge in [-0.05, 0) is 0 Å². The summed E-state index contributed by atoms with van der Waals surface area (Å²) in [6, 6.07) is 0. The van der Waals surface area contributed by atoms with Crippen molar-refractivity contribution in [3.8, 4) is 0 Å². The second-order valence-electron chi connectivity index (χ2n) is 1.85. The summed E-state index contributed by atoms with van der Waals surface area (Å²) in [6.07, 6.45) is -0.954. The molecule has 15 heavy (non-hydrogen) atoms. The Morgan fingerprint density at radius 3 is 1.27 bits per heavy atom. The fourth-order valence-corrected chi connectivity index (χ4v) is 0.0577. The number of nitrogens with two attached hydrogens (primary N) is 1. The summed E-state index contributed by atoms with van der Waals surface area (Å²) in [4.78, 5) is 36.5. The van der Waals surface area contributed by atoms with Crippen molar-refractivity contribution < 1.29 is 44.4 Å². The molecule has 0 spiro atoms. The first-order chi connectivity index (χ1) is 6.54. The van der Waals surface area contributed by atoms with Crippen molar-refractivity contribution in [2.45, 2.75) is 6.10 Å². The fraction of sp³-hybridized carbons (Fsp3) is 1.00. The van der Waals surface area contributed by atoms with Crippen LogP contribution in [0.3, 0.4) is 0 Å². The van der Waals surface area contributed by atoms with Crippen LogP contribution in [0.5, 0.6) is 0 Å². The highest BCUT2D eigenvalue weighted by Crippen LogP contribution is 2.25. The first-order valence-corrected chi connectivity index (χ1v) is 6.03. The lowest BCUT2D eigenvalue weighted by atomic mass is 10.4. The Hall–Kier alpha value is 0.300. The number of rotatable bonds is 2. The number of phosphoric acid groups is 1. The predicted molar refractivity (Wildman–Crippen MR) is 50.0 cm³/mol. The van der Waals surface area contributed by atoms with E-state index in [1.807, 2.05) is 0 Å². The van der Waals surface area contributed by atoms with E-state index in [1.165, 1.54) is 0 Å². The Balaban J connectivity index is -0.000000147. The summed E-state index contributed by atoms with van der Waals surface area (Å²) in [5.41, 5.74) is 4.29. The molecule has 0 aliphatic carbocycles. The Morgan fingerprint density at radius 1 is 1.13 bits per heavy atom. The van der Waals surface area contributed by atoms with Gasteiger partial charge in [-0.3, -0.25) is 5.50 Å². The highest BCUT2D eigenvalue weighted by atomic mass is 31.2. The van der Waals surface area contributed by atoms with Gasteiger partial charge in [0.15, 0.2) is 0 Å². The molecule has 10 nitrogen and oxygen atoms in total. The molecule has 0 atom stereocenters. The molecule has 0 amide bonds. The lowest BCUT2D eigenvalue weighted by Gasteiger charge is -1.96. The van der Waals surface area contributed by atoms with Gasteiger partial charge in [0.05, 0.1) is 13.2 Å². The molecule has 0 bridgehead atoms. The fourth-order valence-electron chi connectivity index (χ4n) is 0.0577. The molecule has 96 valence electrons. The maximum absolute atomic E-state index is 8.88. The molecule has 0 saturated carbocycles. The van der Waals surface area contributed by atoms with Crippen LogP contribution < -0.4 is 5.50 Å². The van der Waals surface area contributed by atoms with Crippen molar-refractivity contribution in [2.24, 2.45) is 5.50 Å². The summed E-state index contributed by atoms with van der Waals surface area (Å²) < 4.78 is 8.88. The summed E-state index contributed by atoms with van der Waals surface area (Å²) in [5.74, 6) is 0. The van der Waals surface area contributed by atoms with Crippen LogP contribution in [0.2, 0.25) is 0 Å². The average molecular weight is 271 g/mol. The molecule has 0 unspecified atom stereocenters. The van der Waals surface area contributed by atoms with Crippen LogP contribution >= 0.6 is 16.3 Å². The zero-order valence-electron chi connectivity index (χ0n) is 7.45. The normalized spacial score (nSPS) is 10.3. The largest absolute Gasteiger partial charge is 0.466 e. The van der Waals surface area contributed by atoms with E-state index in [-0.39, 0.29) is 13.2 Å². The molecule has 0 radical (unpaired) electrons. The van der Waals surface area contributed by atoms with E-state index < -0.39 is 22.5 Å². The zero-order chi connectivity index (χ0) is 13.1. The van der Waals surface area contributed by atoms with E-state index in [0.717, 1.165) is 0 Å². The molecule has 0 saturated heterocycles. The molecular formula is C3H15NO9P2. The molecule has 0 rings (SSSR count). The van der Waals surface area contributed by atoms with Crippen LogP contribution in [-0.2, 0) is 4.57 Å². The van der Waals surface area contributed by atoms with E-state index in [9.17, 15) is 0 Å². The highest BCUT2D eigenvalue weighted by Gasteiger charge is 2.00. The molecule has 0 aromatic heterocycles. The third kappa shape index (κ3) is 117. The van der Waals surface area contributed by atoms with Crippen LogP contribution in [0.4, 0.5) is 0 Å². The van der Waals surface area contributed by atoms with Crippen molar-refractivity contribution >= 4 is 16.3 Å². The molecule has 0 aromatic rings. The van der Waals surface area contributed by atoms with Crippen molar-refractivity contribution in [2.75, 3.05) is 13.2 Å². The second kappa shape index (κ2) is 12.4. The van der Waals surface area contributed by atoms with Crippen molar-refractivity contribution in [1.82, 2.24) is 0 Å². The monoisotopic (exact) mass is 271 g/mol. The van der Waals surface area contributed by atoms with E-state index in [2.05, 4.69) is 5.50 Å². The molecule has 12 heteroatoms. The van der Waals surface area contributed by atoms with Gasteiger partial charge >= 0.3 is 7.82 Å². The van der Waals surface area contributed by atoms with E-state index in [0.29, 0.717) is 0 Å². The van der Waals surface area contributed by atoms with Gasteiger partial charge in [0, 0.05) is 0 Å². The second-order valence-corrected chi connectivity index (χ2v) is 3.52. The molecule has 0 fully saturated rings. The SMILES string of the molecule is NP(O)O.O=P(O)(O)O.OCC(O)CO. The number of hydrogen-bond donors (Lipinski definition) is 9. The van der Waals surface area contributed by atoms with Crippen LogP contribution in [0.1, 0.15) is 0 Å². The molecule has 0 aliphatic rings. The van der Waals surface area contributed by atoms with Crippen LogP contribution in [0, 0.1) is 0 Å². The van der Waals surface area contributed by atoms with Gasteiger partial charge < -0.3 is 39.8 Å². The number of hydrogen-bond acceptors (Lipinski definition) is 7. The van der Waals surface area contributed by atoms with E-state index in [1.54, 1.807) is 0 Å². The minimum absolute atomic E-state index is 0.365. The van der Waals surface area contributed by atoms with Gasteiger partial charge in [0.2, 0.25) is 8.53 Å². The van der Waals surface area contributed by atoms with Gasteiger partial charge in [0.25, 0.3) is 0 Å². The lowest BCUT2D eigenvalue weighted by Crippen LogP contribution is -2.15. The molecule has 10 N–H and O–H groups in total. The zero-order valence-corrected chi connectivity index (χ0v) is 9.24. The standard InChI is InChI=1S/C3H8O3.H4NO2P.H3O4P/c4-1-3(6)2-5;1-4(2)3;1-5(2,3)4/h3-6H,1-2H2;2-3H,1H2;(H3,1,2,3,4). The lowest BCUT2D eigenvalue weighted by molar-refractivity contribution is 0.0450. The van der Waals surface area contributed by atoms with Crippen molar-refractivity contribution in [3.05, 3.63) is 0 Å². The summed E-state index contributed by atoms with van der Waals surface area (Å²) >= 11 is 0. The summed E-state index contributed by atoms with van der Waals surface area (Å²) in [7, 11) is -6.76. The first kappa shape index (κ1) is 20.7. The topological polar surface area (TPSA) is 205 Å². The Kier molecular flexibility index (Phi) is 17.1. The Bertz CT molecular complexity index is 144. The number of aliphatic hydroxyl groups is 3.